The lowest BCUT2D eigenvalue weighted by molar-refractivity contribution is -0.115. The number of hydrogen-bond donors (Lipinski definition) is 1. The van der Waals surface area contributed by atoms with E-state index in [0.29, 0.717) is 5.82 Å². The first-order valence-electron chi connectivity index (χ1n) is 8.50. The van der Waals surface area contributed by atoms with Gasteiger partial charge in [-0.3, -0.25) is 4.79 Å². The lowest BCUT2D eigenvalue weighted by Crippen LogP contribution is -2.31. The highest BCUT2D eigenvalue weighted by molar-refractivity contribution is 8.14. The van der Waals surface area contributed by atoms with E-state index in [1.807, 2.05) is 57.0 Å². The number of amidine groups is 1. The van der Waals surface area contributed by atoms with E-state index in [1.165, 1.54) is 11.8 Å². The van der Waals surface area contributed by atoms with E-state index in [-0.39, 0.29) is 17.2 Å². The third-order valence-electron chi connectivity index (χ3n) is 4.18. The van der Waals surface area contributed by atoms with Crippen LogP contribution in [0.25, 0.3) is 5.70 Å². The van der Waals surface area contributed by atoms with Gasteiger partial charge < -0.3 is 10.2 Å². The minimum absolute atomic E-state index is 0.0852. The van der Waals surface area contributed by atoms with Gasteiger partial charge in [0.15, 0.2) is 5.17 Å². The fourth-order valence-electron chi connectivity index (χ4n) is 2.66. The molecule has 26 heavy (non-hydrogen) atoms. The Morgan fingerprint density at radius 3 is 2.69 bits per heavy atom. The summed E-state index contributed by atoms with van der Waals surface area (Å²) in [6.07, 6.45) is 1.69. The summed E-state index contributed by atoms with van der Waals surface area (Å²) >= 11 is 1.41. The first-order valence-corrected chi connectivity index (χ1v) is 9.38. The predicted molar refractivity (Wildman–Crippen MR) is 109 cm³/mol. The number of aromatic nitrogens is 2. The van der Waals surface area contributed by atoms with Gasteiger partial charge in [-0.05, 0) is 26.8 Å². The van der Waals surface area contributed by atoms with Crippen LogP contribution in [0.5, 0.6) is 0 Å². The number of hydrogen-bond acceptors (Lipinski definition) is 5. The van der Waals surface area contributed by atoms with E-state index in [1.54, 1.807) is 16.9 Å². The van der Waals surface area contributed by atoms with Crippen molar-refractivity contribution in [3.8, 4) is 0 Å². The van der Waals surface area contributed by atoms with E-state index < -0.39 is 0 Å². The molecule has 136 valence electrons. The highest BCUT2D eigenvalue weighted by Crippen LogP contribution is 2.35. The van der Waals surface area contributed by atoms with Gasteiger partial charge in [-0.15, -0.1) is 0 Å². The van der Waals surface area contributed by atoms with Crippen LogP contribution < -0.4 is 5.32 Å². The molecule has 0 radical (unpaired) electrons. The molecule has 1 aromatic carbocycles. The lowest BCUT2D eigenvalue weighted by Gasteiger charge is -2.29. The summed E-state index contributed by atoms with van der Waals surface area (Å²) in [5, 5.41) is 7.64. The number of carbonyl (C=O) groups is 1. The molecule has 1 aromatic heterocycles. The van der Waals surface area contributed by atoms with Gasteiger partial charge in [-0.2, -0.15) is 5.10 Å². The Hall–Kier alpha value is -2.54. The molecule has 0 spiro atoms. The zero-order valence-corrected chi connectivity index (χ0v) is 16.2. The lowest BCUT2D eigenvalue weighted by atomic mass is 10.1. The molecule has 1 aliphatic heterocycles. The molecule has 1 amide bonds. The van der Waals surface area contributed by atoms with E-state index in [2.05, 4.69) is 22.0 Å². The summed E-state index contributed by atoms with van der Waals surface area (Å²) < 4.78 is 1.79. The Bertz CT molecular complexity index is 870. The predicted octanol–water partition coefficient (Wildman–Crippen LogP) is 4.13. The molecule has 1 N–H and O–H groups in total. The van der Waals surface area contributed by atoms with Crippen molar-refractivity contribution >= 4 is 40.0 Å². The van der Waals surface area contributed by atoms with Crippen LogP contribution in [0.15, 0.2) is 48.1 Å². The third kappa shape index (κ3) is 3.53. The number of rotatable bonds is 4. The van der Waals surface area contributed by atoms with Gasteiger partial charge in [0.1, 0.15) is 5.82 Å². The number of anilines is 1. The molecule has 0 saturated carbocycles. The maximum absolute atomic E-state index is 12.6. The van der Waals surface area contributed by atoms with Crippen molar-refractivity contribution in [1.29, 1.82) is 0 Å². The third-order valence-corrected chi connectivity index (χ3v) is 5.33. The molecule has 0 fully saturated rings. The Labute approximate surface area is 158 Å². The minimum Gasteiger partial charge on any atom is -0.324 e. The normalized spacial score (nSPS) is 14.9. The number of amides is 1. The topological polar surface area (TPSA) is 62.5 Å². The Morgan fingerprint density at radius 2 is 1.96 bits per heavy atom. The molecule has 0 saturated heterocycles. The molecular formula is C19H23N5OS. The van der Waals surface area contributed by atoms with Crippen LogP contribution >= 0.6 is 11.8 Å². The second kappa shape index (κ2) is 7.37. The van der Waals surface area contributed by atoms with Crippen LogP contribution in [0, 0.1) is 0 Å². The molecule has 7 heteroatoms. The summed E-state index contributed by atoms with van der Waals surface area (Å²) in [5.41, 5.74) is 2.77. The Morgan fingerprint density at radius 1 is 1.23 bits per heavy atom. The number of nitrogens with one attached hydrogen (secondary N) is 1. The zero-order chi connectivity index (χ0) is 18.8. The largest absolute Gasteiger partial charge is 0.324 e. The average molecular weight is 369 g/mol. The van der Waals surface area contributed by atoms with Crippen molar-refractivity contribution in [2.75, 3.05) is 12.4 Å². The molecule has 2 aromatic rings. The second-order valence-corrected chi connectivity index (χ2v) is 7.73. The van der Waals surface area contributed by atoms with E-state index >= 15 is 0 Å². The summed E-state index contributed by atoms with van der Waals surface area (Å²) in [6.45, 7) is 10.1. The number of fused-ring (bicyclic) bond motifs is 1. The summed E-state index contributed by atoms with van der Waals surface area (Å²) in [7, 11) is 1.92. The zero-order valence-electron chi connectivity index (χ0n) is 15.4. The molecule has 1 unspecified atom stereocenters. The summed E-state index contributed by atoms with van der Waals surface area (Å²) in [6, 6.07) is 9.86. The van der Waals surface area contributed by atoms with Crippen molar-refractivity contribution in [2.45, 2.75) is 32.1 Å². The maximum atomic E-state index is 12.6. The maximum Gasteiger partial charge on any atom is 0.238 e. The van der Waals surface area contributed by atoms with E-state index in [0.717, 1.165) is 22.1 Å². The SMILES string of the molecule is C=C1c2ccccc2N=C(SC(C)C(=O)Nc2ccnn2C(C)C)N1C. The van der Waals surface area contributed by atoms with Gasteiger partial charge >= 0.3 is 0 Å². The summed E-state index contributed by atoms with van der Waals surface area (Å²) in [4.78, 5) is 19.2. The van der Waals surface area contributed by atoms with Crippen LogP contribution in [0.3, 0.4) is 0 Å². The Balaban J connectivity index is 1.74. The van der Waals surface area contributed by atoms with Crippen molar-refractivity contribution < 1.29 is 4.79 Å². The molecule has 3 rings (SSSR count). The van der Waals surface area contributed by atoms with Crippen molar-refractivity contribution in [3.05, 3.63) is 48.7 Å². The fraction of sp³-hybridized carbons (Fsp3) is 0.316. The molecular weight excluding hydrogens is 346 g/mol. The molecule has 1 atom stereocenters. The monoisotopic (exact) mass is 369 g/mol. The van der Waals surface area contributed by atoms with Gasteiger partial charge in [0, 0.05) is 30.4 Å². The van der Waals surface area contributed by atoms with Crippen LogP contribution in [0.4, 0.5) is 11.5 Å². The quantitative estimate of drug-likeness (QED) is 0.880. The average Bonchev–Trinajstić information content (AvgIpc) is 3.07. The van der Waals surface area contributed by atoms with Gasteiger partial charge in [0.25, 0.3) is 0 Å². The van der Waals surface area contributed by atoms with Crippen LogP contribution in [0.1, 0.15) is 32.4 Å². The number of aliphatic imine (C=N–C) groups is 1. The van der Waals surface area contributed by atoms with Gasteiger partial charge in [-0.1, -0.05) is 36.5 Å². The van der Waals surface area contributed by atoms with Crippen LogP contribution in [-0.4, -0.2) is 38.1 Å². The number of nitrogens with zero attached hydrogens (tertiary/aromatic N) is 4. The van der Waals surface area contributed by atoms with Crippen molar-refractivity contribution in [2.24, 2.45) is 4.99 Å². The van der Waals surface area contributed by atoms with Gasteiger partial charge in [0.05, 0.1) is 17.1 Å². The fourth-order valence-corrected chi connectivity index (χ4v) is 3.56. The standard InChI is InChI=1S/C19H23N5OS/c1-12(2)24-17(10-11-20-24)22-18(25)14(4)26-19-21-16-9-7-6-8-15(16)13(3)23(19)5/h6-12,14H,3H2,1-2,4-5H3,(H,22,25). The number of benzene rings is 1. The molecule has 1 aliphatic rings. The molecule has 6 nitrogen and oxygen atoms in total. The first kappa shape index (κ1) is 18.3. The van der Waals surface area contributed by atoms with Crippen molar-refractivity contribution in [3.63, 3.8) is 0 Å². The highest BCUT2D eigenvalue weighted by atomic mass is 32.2. The van der Waals surface area contributed by atoms with Crippen LogP contribution in [0.2, 0.25) is 0 Å². The number of thioether (sulfide) groups is 1. The number of carbonyl (C=O) groups excluding carboxylic acids is 1. The van der Waals surface area contributed by atoms with E-state index in [4.69, 9.17) is 0 Å². The van der Waals surface area contributed by atoms with Crippen LogP contribution in [-0.2, 0) is 4.79 Å². The number of para-hydroxylation sites is 1. The smallest absolute Gasteiger partial charge is 0.238 e. The minimum atomic E-state index is -0.315. The molecule has 0 aliphatic carbocycles. The Kier molecular flexibility index (Phi) is 5.18. The van der Waals surface area contributed by atoms with E-state index in [9.17, 15) is 4.79 Å². The summed E-state index contributed by atoms with van der Waals surface area (Å²) in [5.74, 6) is 0.615. The molecule has 2 heterocycles. The first-order chi connectivity index (χ1) is 12.4. The second-order valence-electron chi connectivity index (χ2n) is 6.42. The van der Waals surface area contributed by atoms with Gasteiger partial charge in [-0.25, -0.2) is 9.67 Å². The van der Waals surface area contributed by atoms with Crippen molar-refractivity contribution in [1.82, 2.24) is 14.7 Å². The highest BCUT2D eigenvalue weighted by Gasteiger charge is 2.25. The van der Waals surface area contributed by atoms with Gasteiger partial charge in [0.2, 0.25) is 5.91 Å². The molecule has 0 bridgehead atoms.